The molecule has 0 radical (unpaired) electrons. The molecular weight excluding hydrogens is 380 g/mol. The second-order valence-electron chi connectivity index (χ2n) is 8.32. The second-order valence-corrected chi connectivity index (χ2v) is 8.32. The molecule has 6 nitrogen and oxygen atoms in total. The fourth-order valence-corrected chi connectivity index (χ4v) is 3.28. The van der Waals surface area contributed by atoms with Gasteiger partial charge in [0.2, 0.25) is 0 Å². The maximum atomic E-state index is 10.4. The van der Waals surface area contributed by atoms with Crippen LogP contribution in [0, 0.1) is 0 Å². The molecule has 0 aromatic carbocycles. The number of unbranched alkanes of at least 4 members (excludes halogenated alkanes) is 15. The Morgan fingerprint density at radius 3 is 1.47 bits per heavy atom. The van der Waals surface area contributed by atoms with Crippen molar-refractivity contribution in [3.63, 3.8) is 0 Å². The van der Waals surface area contributed by atoms with Crippen LogP contribution >= 0.6 is 0 Å². The van der Waals surface area contributed by atoms with Crippen LogP contribution in [0.3, 0.4) is 0 Å². The van der Waals surface area contributed by atoms with E-state index < -0.39 is 18.0 Å². The van der Waals surface area contributed by atoms with Crippen molar-refractivity contribution in [2.45, 2.75) is 135 Å². The zero-order valence-electron chi connectivity index (χ0n) is 19.6. The van der Waals surface area contributed by atoms with Crippen molar-refractivity contribution >= 4 is 11.9 Å². The Kier molecular flexibility index (Phi) is 26.8. The topological polar surface area (TPSA) is 127 Å². The van der Waals surface area contributed by atoms with Crippen LogP contribution in [0.4, 0.5) is 0 Å². The van der Waals surface area contributed by atoms with Gasteiger partial charge in [0.1, 0.15) is 6.04 Å². The van der Waals surface area contributed by atoms with Crippen molar-refractivity contribution in [1.82, 2.24) is 0 Å². The summed E-state index contributed by atoms with van der Waals surface area (Å²) in [4.78, 5) is 20.6. The highest BCUT2D eigenvalue weighted by Gasteiger charge is 2.09. The molecule has 0 saturated carbocycles. The van der Waals surface area contributed by atoms with Crippen LogP contribution in [-0.2, 0) is 9.59 Å². The van der Waals surface area contributed by atoms with Crippen LogP contribution in [0.2, 0.25) is 0 Å². The summed E-state index contributed by atoms with van der Waals surface area (Å²) in [6, 6.07) is -0.662. The van der Waals surface area contributed by atoms with Gasteiger partial charge >= 0.3 is 11.9 Å². The zero-order valence-corrected chi connectivity index (χ0v) is 19.6. The molecule has 1 unspecified atom stereocenters. The molecule has 180 valence electrons. The first-order chi connectivity index (χ1) is 14.5. The molecule has 0 bridgehead atoms. The van der Waals surface area contributed by atoms with Crippen molar-refractivity contribution in [2.75, 3.05) is 6.54 Å². The molecular formula is C24H50N2O4. The van der Waals surface area contributed by atoms with Gasteiger partial charge in [0, 0.05) is 6.42 Å². The van der Waals surface area contributed by atoms with Gasteiger partial charge in [-0.05, 0) is 25.8 Å². The lowest BCUT2D eigenvalue weighted by Gasteiger charge is -2.05. The average Bonchev–Trinajstić information content (AvgIpc) is 2.71. The minimum atomic E-state index is -0.877. The van der Waals surface area contributed by atoms with Gasteiger partial charge in [-0.2, -0.15) is 0 Å². The standard InChI is InChI=1S/2C12H25NO2/c1-2-3-4-5-6-7-8-9-10-11(13)12(14)15;13-11-9-7-5-3-1-2-4-6-8-10-12(14)15/h11H,2-10,13H2,1H3,(H,14,15);1-11,13H2,(H,14,15). The number of carbonyl (C=O) groups is 2. The van der Waals surface area contributed by atoms with Gasteiger partial charge in [0.05, 0.1) is 0 Å². The summed E-state index contributed by atoms with van der Waals surface area (Å²) in [5, 5.41) is 17.0. The lowest BCUT2D eigenvalue weighted by molar-refractivity contribution is -0.139. The van der Waals surface area contributed by atoms with E-state index in [1.54, 1.807) is 0 Å². The third-order valence-electron chi connectivity index (χ3n) is 5.28. The first-order valence-corrected chi connectivity index (χ1v) is 12.4. The molecule has 0 aliphatic heterocycles. The van der Waals surface area contributed by atoms with E-state index in [-0.39, 0.29) is 0 Å². The number of carboxylic acids is 2. The van der Waals surface area contributed by atoms with Crippen LogP contribution in [0.1, 0.15) is 129 Å². The Morgan fingerprint density at radius 2 is 1.07 bits per heavy atom. The van der Waals surface area contributed by atoms with E-state index in [0.29, 0.717) is 12.8 Å². The minimum Gasteiger partial charge on any atom is -0.481 e. The van der Waals surface area contributed by atoms with E-state index in [1.807, 2.05) is 0 Å². The lowest BCUT2D eigenvalue weighted by atomic mass is 10.1. The molecule has 30 heavy (non-hydrogen) atoms. The summed E-state index contributed by atoms with van der Waals surface area (Å²) in [5.41, 5.74) is 10.8. The van der Waals surface area contributed by atoms with Gasteiger partial charge in [-0.25, -0.2) is 0 Å². The summed E-state index contributed by atoms with van der Waals surface area (Å²) in [7, 11) is 0. The zero-order chi connectivity index (χ0) is 22.9. The van der Waals surface area contributed by atoms with Gasteiger partial charge in [-0.3, -0.25) is 9.59 Å². The van der Waals surface area contributed by atoms with Gasteiger partial charge in [-0.15, -0.1) is 0 Å². The number of nitrogens with two attached hydrogens (primary N) is 2. The Hall–Kier alpha value is -1.14. The Labute approximate surface area is 185 Å². The third-order valence-corrected chi connectivity index (χ3v) is 5.28. The van der Waals surface area contributed by atoms with E-state index in [1.165, 1.54) is 77.0 Å². The third kappa shape index (κ3) is 29.1. The molecule has 0 aromatic heterocycles. The fraction of sp³-hybridized carbons (Fsp3) is 0.917. The van der Waals surface area contributed by atoms with E-state index in [2.05, 4.69) is 6.92 Å². The summed E-state index contributed by atoms with van der Waals surface area (Å²) < 4.78 is 0. The molecule has 0 rings (SSSR count). The Bertz CT molecular complexity index is 378. The Morgan fingerprint density at radius 1 is 0.667 bits per heavy atom. The minimum absolute atomic E-state index is 0.330. The molecule has 1 atom stereocenters. The van der Waals surface area contributed by atoms with Crippen LogP contribution < -0.4 is 11.5 Å². The number of carboxylic acid groups (broad SMARTS) is 2. The molecule has 0 heterocycles. The van der Waals surface area contributed by atoms with Crippen LogP contribution in [0.15, 0.2) is 0 Å². The number of aliphatic carboxylic acids is 2. The molecule has 0 aromatic rings. The van der Waals surface area contributed by atoms with E-state index >= 15 is 0 Å². The van der Waals surface area contributed by atoms with Crippen molar-refractivity contribution < 1.29 is 19.8 Å². The van der Waals surface area contributed by atoms with Gasteiger partial charge in [-0.1, -0.05) is 103 Å². The molecule has 6 heteroatoms. The average molecular weight is 431 g/mol. The van der Waals surface area contributed by atoms with Crippen LogP contribution in [0.5, 0.6) is 0 Å². The van der Waals surface area contributed by atoms with E-state index in [9.17, 15) is 9.59 Å². The predicted molar refractivity (Wildman–Crippen MR) is 126 cm³/mol. The molecule has 0 aliphatic carbocycles. The SMILES string of the molecule is CCCCCCCCCCC(N)C(=O)O.NCCCCCCCCCCCC(=O)O. The molecule has 0 spiro atoms. The highest BCUT2D eigenvalue weighted by molar-refractivity contribution is 5.72. The summed E-state index contributed by atoms with van der Waals surface area (Å²) in [6.45, 7) is 3.03. The number of hydrogen-bond acceptors (Lipinski definition) is 4. The van der Waals surface area contributed by atoms with Crippen molar-refractivity contribution in [2.24, 2.45) is 11.5 Å². The second kappa shape index (κ2) is 25.9. The highest BCUT2D eigenvalue weighted by atomic mass is 16.4. The number of rotatable bonds is 21. The summed E-state index contributed by atoms with van der Waals surface area (Å²) in [5.74, 6) is -1.55. The first-order valence-electron chi connectivity index (χ1n) is 12.4. The van der Waals surface area contributed by atoms with Crippen molar-refractivity contribution in [3.05, 3.63) is 0 Å². The molecule has 0 aliphatic rings. The van der Waals surface area contributed by atoms with Gasteiger partial charge < -0.3 is 21.7 Å². The monoisotopic (exact) mass is 430 g/mol. The largest absolute Gasteiger partial charge is 0.481 e. The van der Waals surface area contributed by atoms with Crippen molar-refractivity contribution in [3.8, 4) is 0 Å². The van der Waals surface area contributed by atoms with E-state index in [0.717, 1.165) is 38.6 Å². The van der Waals surface area contributed by atoms with Crippen LogP contribution in [-0.4, -0.2) is 34.7 Å². The molecule has 0 saturated heterocycles. The quantitative estimate of drug-likeness (QED) is 0.169. The van der Waals surface area contributed by atoms with Crippen LogP contribution in [0.25, 0.3) is 0 Å². The lowest BCUT2D eigenvalue weighted by Crippen LogP contribution is -2.29. The molecule has 0 fully saturated rings. The molecule has 6 N–H and O–H groups in total. The maximum Gasteiger partial charge on any atom is 0.320 e. The maximum absolute atomic E-state index is 10.4. The van der Waals surface area contributed by atoms with E-state index in [4.69, 9.17) is 21.7 Å². The van der Waals surface area contributed by atoms with Gasteiger partial charge in [0.25, 0.3) is 0 Å². The highest BCUT2D eigenvalue weighted by Crippen LogP contribution is 2.11. The summed E-state index contributed by atoms with van der Waals surface area (Å²) >= 11 is 0. The Balaban J connectivity index is 0. The molecule has 0 amide bonds. The predicted octanol–water partition coefficient (Wildman–Crippen LogP) is 5.86. The normalized spacial score (nSPS) is 11.6. The smallest absolute Gasteiger partial charge is 0.320 e. The van der Waals surface area contributed by atoms with Crippen molar-refractivity contribution in [1.29, 1.82) is 0 Å². The first kappa shape index (κ1) is 31.0. The van der Waals surface area contributed by atoms with Gasteiger partial charge in [0.15, 0.2) is 0 Å². The fourth-order valence-electron chi connectivity index (χ4n) is 3.28. The summed E-state index contributed by atoms with van der Waals surface area (Å²) in [6.07, 6.45) is 21.4. The number of hydrogen-bond donors (Lipinski definition) is 4.